The Morgan fingerprint density at radius 3 is 2.24 bits per heavy atom. The van der Waals surface area contributed by atoms with E-state index in [-0.39, 0.29) is 32.0 Å². The molecule has 1 saturated heterocycles. The summed E-state index contributed by atoms with van der Waals surface area (Å²) in [4.78, 5) is 40.2. The standard InChI is InChI=1S/C25H29N3O6/c1-27(2)13-21(23(30)28-12-15(29)11-22(28)24(31)32)26-25(33)34-14-20-18-9-5-3-7-16(18)17-8-4-6-10-19(17)20/h3-10,15,20-22,29H,11-14H2,1-2H3,(H,26,33)(H,31,32)/t15?,21-,22-/m0/s1. The molecule has 180 valence electrons. The van der Waals surface area contributed by atoms with Crippen LogP contribution in [0.3, 0.4) is 0 Å². The Labute approximate surface area is 197 Å². The Bertz CT molecular complexity index is 1040. The molecule has 2 aromatic carbocycles. The van der Waals surface area contributed by atoms with Gasteiger partial charge in [0.2, 0.25) is 5.91 Å². The Hall–Kier alpha value is -3.43. The smallest absolute Gasteiger partial charge is 0.407 e. The lowest BCUT2D eigenvalue weighted by Gasteiger charge is -2.28. The Kier molecular flexibility index (Phi) is 6.85. The third-order valence-corrected chi connectivity index (χ3v) is 6.33. The highest BCUT2D eigenvalue weighted by Gasteiger charge is 2.42. The maximum Gasteiger partial charge on any atom is 0.407 e. The van der Waals surface area contributed by atoms with Crippen LogP contribution in [0, 0.1) is 0 Å². The first-order chi connectivity index (χ1) is 16.3. The molecule has 0 spiro atoms. The van der Waals surface area contributed by atoms with Crippen LogP contribution in [0.25, 0.3) is 11.1 Å². The van der Waals surface area contributed by atoms with Crippen molar-refractivity contribution in [2.45, 2.75) is 30.5 Å². The fourth-order valence-corrected chi connectivity index (χ4v) is 4.82. The number of aliphatic carboxylic acids is 1. The lowest BCUT2D eigenvalue weighted by atomic mass is 9.98. The summed E-state index contributed by atoms with van der Waals surface area (Å²) < 4.78 is 5.55. The minimum Gasteiger partial charge on any atom is -0.480 e. The van der Waals surface area contributed by atoms with Crippen LogP contribution in [-0.2, 0) is 14.3 Å². The number of aliphatic hydroxyl groups is 1. The number of fused-ring (bicyclic) bond motifs is 3. The second-order valence-corrected chi connectivity index (χ2v) is 9.02. The van der Waals surface area contributed by atoms with Gasteiger partial charge in [0.25, 0.3) is 0 Å². The first kappa shape index (κ1) is 23.7. The van der Waals surface area contributed by atoms with Gasteiger partial charge in [-0.3, -0.25) is 4.79 Å². The SMILES string of the molecule is CN(C)C[C@H](NC(=O)OCC1c2ccccc2-c2ccccc21)C(=O)N1CC(O)C[C@H]1C(=O)O. The normalized spacial score (nSPS) is 20.1. The number of nitrogens with one attached hydrogen (secondary N) is 1. The lowest BCUT2D eigenvalue weighted by molar-refractivity contribution is -0.149. The van der Waals surface area contributed by atoms with Crippen LogP contribution in [0.15, 0.2) is 48.5 Å². The highest BCUT2D eigenvalue weighted by atomic mass is 16.5. The molecule has 2 aliphatic rings. The van der Waals surface area contributed by atoms with Crippen LogP contribution >= 0.6 is 0 Å². The van der Waals surface area contributed by atoms with E-state index in [2.05, 4.69) is 5.32 Å². The topological polar surface area (TPSA) is 119 Å². The number of aliphatic hydroxyl groups excluding tert-OH is 1. The van der Waals surface area contributed by atoms with Crippen LogP contribution < -0.4 is 5.32 Å². The largest absolute Gasteiger partial charge is 0.480 e. The molecule has 9 nitrogen and oxygen atoms in total. The number of alkyl carbamates (subject to hydrolysis) is 1. The van der Waals surface area contributed by atoms with Crippen molar-refractivity contribution in [3.63, 3.8) is 0 Å². The second-order valence-electron chi connectivity index (χ2n) is 9.02. The molecule has 1 aliphatic heterocycles. The molecule has 1 unspecified atom stereocenters. The van der Waals surface area contributed by atoms with E-state index in [1.807, 2.05) is 48.5 Å². The van der Waals surface area contributed by atoms with Crippen LogP contribution in [-0.4, -0.2) is 90.0 Å². The number of carbonyl (C=O) groups excluding carboxylic acids is 2. The number of nitrogens with zero attached hydrogens (tertiary/aromatic N) is 2. The quantitative estimate of drug-likeness (QED) is 0.565. The van der Waals surface area contributed by atoms with Gasteiger partial charge in [0.15, 0.2) is 0 Å². The summed E-state index contributed by atoms with van der Waals surface area (Å²) in [6.45, 7) is 0.164. The van der Waals surface area contributed by atoms with E-state index in [0.29, 0.717) is 0 Å². The summed E-state index contributed by atoms with van der Waals surface area (Å²) in [5.41, 5.74) is 4.38. The molecule has 0 radical (unpaired) electrons. The predicted molar refractivity (Wildman–Crippen MR) is 124 cm³/mol. The number of likely N-dealkylation sites (tertiary alicyclic amines) is 1. The molecular weight excluding hydrogens is 438 g/mol. The molecule has 0 bridgehead atoms. The van der Waals surface area contributed by atoms with Gasteiger partial charge in [0.1, 0.15) is 18.7 Å². The zero-order chi connectivity index (χ0) is 24.4. The van der Waals surface area contributed by atoms with E-state index in [1.165, 1.54) is 0 Å². The van der Waals surface area contributed by atoms with Gasteiger partial charge in [-0.15, -0.1) is 0 Å². The molecule has 2 amide bonds. The fraction of sp³-hybridized carbons (Fsp3) is 0.400. The summed E-state index contributed by atoms with van der Waals surface area (Å²) in [7, 11) is 3.49. The molecule has 9 heteroatoms. The highest BCUT2D eigenvalue weighted by molar-refractivity contribution is 5.90. The van der Waals surface area contributed by atoms with E-state index < -0.39 is 36.2 Å². The molecule has 34 heavy (non-hydrogen) atoms. The van der Waals surface area contributed by atoms with Crippen molar-refractivity contribution >= 4 is 18.0 Å². The third kappa shape index (κ3) is 4.76. The monoisotopic (exact) mass is 467 g/mol. The number of hydrogen-bond acceptors (Lipinski definition) is 6. The molecule has 2 aromatic rings. The molecule has 3 N–H and O–H groups in total. The first-order valence-electron chi connectivity index (χ1n) is 11.2. The zero-order valence-electron chi connectivity index (χ0n) is 19.2. The van der Waals surface area contributed by atoms with Crippen molar-refractivity contribution in [1.29, 1.82) is 0 Å². The van der Waals surface area contributed by atoms with Gasteiger partial charge in [-0.25, -0.2) is 9.59 Å². The maximum atomic E-state index is 13.1. The van der Waals surface area contributed by atoms with Gasteiger partial charge < -0.3 is 30.1 Å². The minimum atomic E-state index is -1.19. The first-order valence-corrected chi connectivity index (χ1v) is 11.2. The number of β-amino-alcohol motifs (C(OH)–C–C–N with tert-alkyl or cyclic N) is 1. The van der Waals surface area contributed by atoms with Crippen LogP contribution in [0.4, 0.5) is 4.79 Å². The van der Waals surface area contributed by atoms with Gasteiger partial charge in [0.05, 0.1) is 6.10 Å². The maximum absolute atomic E-state index is 13.1. The van der Waals surface area contributed by atoms with E-state index in [4.69, 9.17) is 4.74 Å². The zero-order valence-corrected chi connectivity index (χ0v) is 19.2. The van der Waals surface area contributed by atoms with E-state index in [0.717, 1.165) is 27.2 Å². The van der Waals surface area contributed by atoms with Gasteiger partial charge in [-0.2, -0.15) is 0 Å². The van der Waals surface area contributed by atoms with Gasteiger partial charge >= 0.3 is 12.1 Å². The molecule has 1 heterocycles. The number of carboxylic acid groups (broad SMARTS) is 1. The predicted octanol–water partition coefficient (Wildman–Crippen LogP) is 1.50. The Balaban J connectivity index is 1.45. The Morgan fingerprint density at radius 2 is 1.68 bits per heavy atom. The van der Waals surface area contributed by atoms with Crippen molar-refractivity contribution in [2.24, 2.45) is 0 Å². The summed E-state index contributed by atoms with van der Waals surface area (Å²) in [5, 5.41) is 21.9. The van der Waals surface area contributed by atoms with Crippen molar-refractivity contribution in [1.82, 2.24) is 15.1 Å². The van der Waals surface area contributed by atoms with Gasteiger partial charge in [0, 0.05) is 25.4 Å². The molecular formula is C25H29N3O6. The van der Waals surface area contributed by atoms with Gasteiger partial charge in [-0.1, -0.05) is 48.5 Å². The Morgan fingerprint density at radius 1 is 1.09 bits per heavy atom. The second kappa shape index (κ2) is 9.82. The summed E-state index contributed by atoms with van der Waals surface area (Å²) >= 11 is 0. The molecule has 4 rings (SSSR count). The van der Waals surface area contributed by atoms with Crippen molar-refractivity contribution in [3.05, 3.63) is 59.7 Å². The van der Waals surface area contributed by atoms with Crippen LogP contribution in [0.2, 0.25) is 0 Å². The number of benzene rings is 2. The fourth-order valence-electron chi connectivity index (χ4n) is 4.82. The van der Waals surface area contributed by atoms with Crippen molar-refractivity contribution < 1.29 is 29.3 Å². The number of carbonyl (C=O) groups is 3. The number of amides is 2. The van der Waals surface area contributed by atoms with Crippen LogP contribution in [0.5, 0.6) is 0 Å². The number of hydrogen-bond donors (Lipinski definition) is 3. The van der Waals surface area contributed by atoms with E-state index >= 15 is 0 Å². The number of likely N-dealkylation sites (N-methyl/N-ethyl adjacent to an activating group) is 1. The highest BCUT2D eigenvalue weighted by Crippen LogP contribution is 2.44. The molecule has 0 saturated carbocycles. The molecule has 1 fully saturated rings. The van der Waals surface area contributed by atoms with Gasteiger partial charge in [-0.05, 0) is 36.3 Å². The van der Waals surface area contributed by atoms with E-state index in [9.17, 15) is 24.6 Å². The molecule has 3 atom stereocenters. The average Bonchev–Trinajstić information content (AvgIpc) is 3.35. The minimum absolute atomic E-state index is 0.0410. The molecule has 0 aromatic heterocycles. The number of ether oxygens (including phenoxy) is 1. The van der Waals surface area contributed by atoms with E-state index in [1.54, 1.807) is 19.0 Å². The van der Waals surface area contributed by atoms with Crippen molar-refractivity contribution in [2.75, 3.05) is 33.8 Å². The summed E-state index contributed by atoms with van der Waals surface area (Å²) in [6, 6.07) is 13.8. The summed E-state index contributed by atoms with van der Waals surface area (Å²) in [5.74, 6) is -1.87. The summed E-state index contributed by atoms with van der Waals surface area (Å²) in [6.07, 6.45) is -1.71. The lowest BCUT2D eigenvalue weighted by Crippen LogP contribution is -2.55. The third-order valence-electron chi connectivity index (χ3n) is 6.33. The van der Waals surface area contributed by atoms with Crippen LogP contribution in [0.1, 0.15) is 23.5 Å². The number of carboxylic acids is 1. The average molecular weight is 468 g/mol. The van der Waals surface area contributed by atoms with Crippen molar-refractivity contribution in [3.8, 4) is 11.1 Å². The molecule has 1 aliphatic carbocycles. The number of rotatable bonds is 7.